The van der Waals surface area contributed by atoms with Crippen molar-refractivity contribution in [3.63, 3.8) is 0 Å². The smallest absolute Gasteiger partial charge is 0.245 e. The highest BCUT2D eigenvalue weighted by Crippen LogP contribution is 2.32. The van der Waals surface area contributed by atoms with Gasteiger partial charge in [-0.3, -0.25) is 9.59 Å². The molecule has 0 aromatic heterocycles. The molecule has 7 nitrogen and oxygen atoms in total. The fraction of sp³-hybridized carbons (Fsp3) is 0.652. The Bertz CT molecular complexity index is 921. The Morgan fingerprint density at radius 2 is 1.68 bits per heavy atom. The van der Waals surface area contributed by atoms with E-state index in [1.54, 1.807) is 31.3 Å². The average molecular weight is 448 g/mol. The maximum Gasteiger partial charge on any atom is 0.245 e. The SMILES string of the molecule is CN(C1CCCCC1)S(=O)(=O)c1ccccc1NC(=O)[C@H]1CC(=O)N(C2CCCC2)C1. The molecule has 1 saturated heterocycles. The van der Waals surface area contributed by atoms with E-state index in [0.29, 0.717) is 12.2 Å². The predicted molar refractivity (Wildman–Crippen MR) is 119 cm³/mol. The van der Waals surface area contributed by atoms with E-state index in [9.17, 15) is 18.0 Å². The quantitative estimate of drug-likeness (QED) is 0.724. The largest absolute Gasteiger partial charge is 0.339 e. The van der Waals surface area contributed by atoms with E-state index in [-0.39, 0.29) is 35.2 Å². The minimum absolute atomic E-state index is 0.00469. The highest BCUT2D eigenvalue weighted by atomic mass is 32.2. The zero-order chi connectivity index (χ0) is 22.0. The van der Waals surface area contributed by atoms with Crippen LogP contribution in [-0.4, -0.2) is 55.1 Å². The van der Waals surface area contributed by atoms with E-state index < -0.39 is 15.9 Å². The lowest BCUT2D eigenvalue weighted by Crippen LogP contribution is -2.38. The topological polar surface area (TPSA) is 86.8 Å². The fourth-order valence-corrected chi connectivity index (χ4v) is 6.86. The predicted octanol–water partition coefficient (Wildman–Crippen LogP) is 3.37. The lowest BCUT2D eigenvalue weighted by Gasteiger charge is -2.31. The van der Waals surface area contributed by atoms with Gasteiger partial charge < -0.3 is 10.2 Å². The molecule has 4 rings (SSSR count). The van der Waals surface area contributed by atoms with Crippen molar-refractivity contribution in [3.05, 3.63) is 24.3 Å². The van der Waals surface area contributed by atoms with E-state index in [0.717, 1.165) is 57.8 Å². The Morgan fingerprint density at radius 3 is 2.39 bits per heavy atom. The second-order valence-electron chi connectivity index (χ2n) is 9.18. The highest BCUT2D eigenvalue weighted by Gasteiger charge is 2.39. The van der Waals surface area contributed by atoms with Crippen molar-refractivity contribution < 1.29 is 18.0 Å². The van der Waals surface area contributed by atoms with Crippen LogP contribution in [0.2, 0.25) is 0 Å². The number of hydrogen-bond donors (Lipinski definition) is 1. The van der Waals surface area contributed by atoms with Gasteiger partial charge in [0.15, 0.2) is 0 Å². The van der Waals surface area contributed by atoms with Crippen molar-refractivity contribution >= 4 is 27.5 Å². The number of likely N-dealkylation sites (tertiary alicyclic amines) is 1. The lowest BCUT2D eigenvalue weighted by atomic mass is 9.96. The summed E-state index contributed by atoms with van der Waals surface area (Å²) < 4.78 is 28.2. The molecule has 1 aromatic rings. The van der Waals surface area contributed by atoms with Crippen molar-refractivity contribution in [1.82, 2.24) is 9.21 Å². The molecule has 2 saturated carbocycles. The van der Waals surface area contributed by atoms with Gasteiger partial charge in [-0.25, -0.2) is 8.42 Å². The molecular weight excluding hydrogens is 414 g/mol. The third kappa shape index (κ3) is 4.65. The second kappa shape index (κ2) is 9.28. The Kier molecular flexibility index (Phi) is 6.67. The molecule has 0 bridgehead atoms. The summed E-state index contributed by atoms with van der Waals surface area (Å²) in [6.45, 7) is 0.423. The first-order chi connectivity index (χ1) is 14.9. The van der Waals surface area contributed by atoms with Gasteiger partial charge in [0.05, 0.1) is 11.6 Å². The van der Waals surface area contributed by atoms with Gasteiger partial charge in [-0.1, -0.05) is 44.2 Å². The van der Waals surface area contributed by atoms with Crippen LogP contribution in [0.15, 0.2) is 29.2 Å². The van der Waals surface area contributed by atoms with Gasteiger partial charge in [0.1, 0.15) is 4.90 Å². The molecule has 31 heavy (non-hydrogen) atoms. The standard InChI is InChI=1S/C23H33N3O4S/c1-25(18-9-3-2-4-10-18)31(29,30)21-14-8-7-13-20(21)24-23(28)17-15-22(27)26(16-17)19-11-5-6-12-19/h7-8,13-14,17-19H,2-6,9-12,15-16H2,1H3,(H,24,28)/t17-/m0/s1. The molecule has 0 unspecified atom stereocenters. The molecule has 0 radical (unpaired) electrons. The summed E-state index contributed by atoms with van der Waals surface area (Å²) in [5, 5.41) is 2.82. The highest BCUT2D eigenvalue weighted by molar-refractivity contribution is 7.89. The molecule has 1 heterocycles. The average Bonchev–Trinajstić information content (AvgIpc) is 3.43. The van der Waals surface area contributed by atoms with E-state index in [4.69, 9.17) is 0 Å². The van der Waals surface area contributed by atoms with Gasteiger partial charge in [0.25, 0.3) is 0 Å². The molecule has 1 atom stereocenters. The third-order valence-corrected chi connectivity index (χ3v) is 9.15. The summed E-state index contributed by atoms with van der Waals surface area (Å²) >= 11 is 0. The van der Waals surface area contributed by atoms with Crippen molar-refractivity contribution in [2.75, 3.05) is 18.9 Å². The first-order valence-electron chi connectivity index (χ1n) is 11.6. The number of sulfonamides is 1. The molecule has 2 aliphatic carbocycles. The number of amides is 2. The van der Waals surface area contributed by atoms with Gasteiger partial charge >= 0.3 is 0 Å². The van der Waals surface area contributed by atoms with Gasteiger partial charge in [-0.15, -0.1) is 0 Å². The zero-order valence-electron chi connectivity index (χ0n) is 18.3. The van der Waals surface area contributed by atoms with Crippen molar-refractivity contribution in [2.24, 2.45) is 5.92 Å². The number of para-hydroxylation sites is 1. The van der Waals surface area contributed by atoms with Crippen LogP contribution in [0.4, 0.5) is 5.69 Å². The van der Waals surface area contributed by atoms with Gasteiger partial charge in [0.2, 0.25) is 21.8 Å². The van der Waals surface area contributed by atoms with Gasteiger partial charge in [-0.05, 0) is 37.8 Å². The number of nitrogens with zero attached hydrogens (tertiary/aromatic N) is 2. The molecule has 170 valence electrons. The number of anilines is 1. The first kappa shape index (κ1) is 22.3. The third-order valence-electron chi connectivity index (χ3n) is 7.19. The van der Waals surface area contributed by atoms with Crippen LogP contribution in [0.1, 0.15) is 64.2 Å². The number of nitrogens with one attached hydrogen (secondary N) is 1. The Morgan fingerprint density at radius 1 is 1.03 bits per heavy atom. The molecule has 1 aliphatic heterocycles. The summed E-state index contributed by atoms with van der Waals surface area (Å²) in [7, 11) is -2.09. The molecule has 3 aliphatic rings. The summed E-state index contributed by atoms with van der Waals surface area (Å²) in [6.07, 6.45) is 9.43. The monoisotopic (exact) mass is 447 g/mol. The van der Waals surface area contributed by atoms with Crippen LogP contribution < -0.4 is 5.32 Å². The number of carbonyl (C=O) groups excluding carboxylic acids is 2. The lowest BCUT2D eigenvalue weighted by molar-refractivity contribution is -0.129. The molecule has 1 aromatic carbocycles. The fourth-order valence-electron chi connectivity index (χ4n) is 5.30. The number of hydrogen-bond acceptors (Lipinski definition) is 4. The summed E-state index contributed by atoms with van der Waals surface area (Å²) in [4.78, 5) is 27.4. The summed E-state index contributed by atoms with van der Waals surface area (Å²) in [5.41, 5.74) is 0.293. The van der Waals surface area contributed by atoms with Crippen LogP contribution in [0, 0.1) is 5.92 Å². The Hall–Kier alpha value is -1.93. The maximum absolute atomic E-state index is 13.3. The van der Waals surface area contributed by atoms with Gasteiger partial charge in [-0.2, -0.15) is 4.31 Å². The van der Waals surface area contributed by atoms with E-state index in [2.05, 4.69) is 5.32 Å². The van der Waals surface area contributed by atoms with E-state index >= 15 is 0 Å². The Balaban J connectivity index is 1.48. The minimum Gasteiger partial charge on any atom is -0.339 e. The van der Waals surface area contributed by atoms with Crippen molar-refractivity contribution in [1.29, 1.82) is 0 Å². The zero-order valence-corrected chi connectivity index (χ0v) is 19.1. The number of carbonyl (C=O) groups is 2. The van der Waals surface area contributed by atoms with Crippen molar-refractivity contribution in [2.45, 2.75) is 81.2 Å². The summed E-state index contributed by atoms with van der Waals surface area (Å²) in [6, 6.07) is 6.83. The Labute approximate surface area is 185 Å². The second-order valence-corrected chi connectivity index (χ2v) is 11.1. The van der Waals surface area contributed by atoms with Gasteiger partial charge in [0, 0.05) is 32.1 Å². The maximum atomic E-state index is 13.3. The first-order valence-corrected chi connectivity index (χ1v) is 13.0. The van der Waals surface area contributed by atoms with E-state index in [1.165, 1.54) is 4.31 Å². The van der Waals surface area contributed by atoms with Crippen LogP contribution >= 0.6 is 0 Å². The normalized spacial score (nSPS) is 23.6. The minimum atomic E-state index is -3.73. The molecule has 2 amide bonds. The van der Waals surface area contributed by atoms with E-state index in [1.807, 2.05) is 4.90 Å². The van der Waals surface area contributed by atoms with Crippen LogP contribution in [-0.2, 0) is 19.6 Å². The molecule has 0 spiro atoms. The van der Waals surface area contributed by atoms with Crippen LogP contribution in [0.5, 0.6) is 0 Å². The van der Waals surface area contributed by atoms with Crippen molar-refractivity contribution in [3.8, 4) is 0 Å². The van der Waals surface area contributed by atoms with Crippen LogP contribution in [0.3, 0.4) is 0 Å². The summed E-state index contributed by atoms with van der Waals surface area (Å²) in [5.74, 6) is -0.693. The molecule has 3 fully saturated rings. The van der Waals surface area contributed by atoms with Crippen LogP contribution in [0.25, 0.3) is 0 Å². The number of benzene rings is 1. The molecule has 8 heteroatoms. The number of rotatable bonds is 6. The molecular formula is C23H33N3O4S. The molecule has 1 N–H and O–H groups in total.